The number of aryl methyl sites for hydroxylation is 1. The van der Waals surface area contributed by atoms with E-state index >= 15 is 0 Å². The van der Waals surface area contributed by atoms with Gasteiger partial charge in [0.15, 0.2) is 0 Å². The predicted octanol–water partition coefficient (Wildman–Crippen LogP) is 3.40. The van der Waals surface area contributed by atoms with Crippen molar-refractivity contribution in [3.63, 3.8) is 0 Å². The molecule has 3 heteroatoms. The van der Waals surface area contributed by atoms with Crippen molar-refractivity contribution >= 4 is 11.6 Å². The first-order chi connectivity index (χ1) is 8.25. The number of pyridine rings is 1. The maximum Gasteiger partial charge on any atom is 0.0808 e. The molecule has 1 aromatic carbocycles. The molecule has 2 aromatic rings. The molecule has 1 unspecified atom stereocenters. The number of aromatic nitrogens is 1. The van der Waals surface area contributed by atoms with Gasteiger partial charge >= 0.3 is 0 Å². The number of hydrogen-bond donors (Lipinski definition) is 1. The van der Waals surface area contributed by atoms with E-state index in [1.54, 1.807) is 12.4 Å². The summed E-state index contributed by atoms with van der Waals surface area (Å²) in [6.07, 6.45) is 4.46. The van der Waals surface area contributed by atoms with Gasteiger partial charge in [-0.15, -0.1) is 0 Å². The Labute approximate surface area is 106 Å². The van der Waals surface area contributed by atoms with Crippen LogP contribution in [0.5, 0.6) is 0 Å². The average Bonchev–Trinajstić information content (AvgIpc) is 2.39. The molecule has 0 amide bonds. The van der Waals surface area contributed by atoms with Crippen molar-refractivity contribution in [2.24, 2.45) is 0 Å². The fraction of sp³-hybridized carbons (Fsp3) is 0.214. The Balaban J connectivity index is 1.92. The summed E-state index contributed by atoms with van der Waals surface area (Å²) in [5.41, 5.74) is 2.04. The van der Waals surface area contributed by atoms with Gasteiger partial charge in [0.25, 0.3) is 0 Å². The topological polar surface area (TPSA) is 33.1 Å². The molecule has 17 heavy (non-hydrogen) atoms. The highest BCUT2D eigenvalue weighted by molar-refractivity contribution is 6.30. The van der Waals surface area contributed by atoms with E-state index in [1.807, 2.05) is 36.4 Å². The van der Waals surface area contributed by atoms with Gasteiger partial charge in [0.2, 0.25) is 0 Å². The Morgan fingerprint density at radius 1 is 1.18 bits per heavy atom. The smallest absolute Gasteiger partial charge is 0.0808 e. The molecule has 0 saturated heterocycles. The molecular formula is C14H14ClNO. The Morgan fingerprint density at radius 2 is 1.94 bits per heavy atom. The van der Waals surface area contributed by atoms with Crippen molar-refractivity contribution in [1.82, 2.24) is 4.98 Å². The summed E-state index contributed by atoms with van der Waals surface area (Å²) in [7, 11) is 0. The lowest BCUT2D eigenvalue weighted by molar-refractivity contribution is 0.167. The summed E-state index contributed by atoms with van der Waals surface area (Å²) in [4.78, 5) is 3.99. The molecule has 0 aliphatic heterocycles. The van der Waals surface area contributed by atoms with Crippen LogP contribution in [0.1, 0.15) is 23.7 Å². The van der Waals surface area contributed by atoms with Gasteiger partial charge in [-0.25, -0.2) is 0 Å². The summed E-state index contributed by atoms with van der Waals surface area (Å²) in [6, 6.07) is 11.4. The molecule has 0 radical (unpaired) electrons. The summed E-state index contributed by atoms with van der Waals surface area (Å²) in [6.45, 7) is 0. The van der Waals surface area contributed by atoms with Gasteiger partial charge in [-0.3, -0.25) is 4.98 Å². The van der Waals surface area contributed by atoms with E-state index in [-0.39, 0.29) is 0 Å². The van der Waals surface area contributed by atoms with Crippen LogP contribution < -0.4 is 0 Å². The number of hydrogen-bond acceptors (Lipinski definition) is 2. The van der Waals surface area contributed by atoms with Gasteiger partial charge in [0.1, 0.15) is 0 Å². The normalized spacial score (nSPS) is 12.4. The maximum atomic E-state index is 9.97. The van der Waals surface area contributed by atoms with E-state index < -0.39 is 6.10 Å². The molecular weight excluding hydrogens is 234 g/mol. The zero-order valence-corrected chi connectivity index (χ0v) is 10.1. The second-order valence-electron chi connectivity index (χ2n) is 3.97. The largest absolute Gasteiger partial charge is 0.388 e. The molecule has 0 spiro atoms. The van der Waals surface area contributed by atoms with Crippen LogP contribution in [0.25, 0.3) is 0 Å². The molecule has 0 aliphatic rings. The molecule has 0 fully saturated rings. The monoisotopic (exact) mass is 247 g/mol. The van der Waals surface area contributed by atoms with Crippen molar-refractivity contribution in [1.29, 1.82) is 0 Å². The standard InChI is InChI=1S/C14H14ClNO/c15-13-6-3-11(4-7-13)5-8-14(17)12-2-1-9-16-10-12/h1-4,6-7,9-10,14,17H,5,8H2. The van der Waals surface area contributed by atoms with E-state index in [4.69, 9.17) is 11.6 Å². The molecule has 1 atom stereocenters. The minimum absolute atomic E-state index is 0.459. The highest BCUT2D eigenvalue weighted by Crippen LogP contribution is 2.18. The molecule has 1 N–H and O–H groups in total. The Bertz CT molecular complexity index is 455. The van der Waals surface area contributed by atoms with Crippen LogP contribution in [0, 0.1) is 0 Å². The van der Waals surface area contributed by atoms with Crippen LogP contribution in [0.15, 0.2) is 48.8 Å². The first-order valence-corrected chi connectivity index (χ1v) is 5.96. The minimum atomic E-state index is -0.459. The molecule has 0 bridgehead atoms. The fourth-order valence-electron chi connectivity index (χ4n) is 1.69. The maximum absolute atomic E-state index is 9.97. The van der Waals surface area contributed by atoms with Crippen molar-refractivity contribution in [2.45, 2.75) is 18.9 Å². The summed E-state index contributed by atoms with van der Waals surface area (Å²) < 4.78 is 0. The zero-order chi connectivity index (χ0) is 12.1. The van der Waals surface area contributed by atoms with Crippen molar-refractivity contribution in [2.75, 3.05) is 0 Å². The van der Waals surface area contributed by atoms with Gasteiger partial charge in [-0.1, -0.05) is 29.8 Å². The zero-order valence-electron chi connectivity index (χ0n) is 9.38. The number of rotatable bonds is 4. The number of nitrogens with zero attached hydrogens (tertiary/aromatic N) is 1. The quantitative estimate of drug-likeness (QED) is 0.898. The van der Waals surface area contributed by atoms with Gasteiger partial charge in [-0.05, 0) is 42.2 Å². The molecule has 0 saturated carbocycles. The fourth-order valence-corrected chi connectivity index (χ4v) is 1.82. The number of aliphatic hydroxyl groups is 1. The first kappa shape index (κ1) is 12.1. The van der Waals surface area contributed by atoms with Crippen molar-refractivity contribution < 1.29 is 5.11 Å². The molecule has 2 nitrogen and oxygen atoms in total. The summed E-state index contributed by atoms with van der Waals surface area (Å²) >= 11 is 5.81. The highest BCUT2D eigenvalue weighted by atomic mass is 35.5. The number of halogens is 1. The lowest BCUT2D eigenvalue weighted by Gasteiger charge is -2.10. The van der Waals surface area contributed by atoms with E-state index in [2.05, 4.69) is 4.98 Å². The third-order valence-corrected chi connectivity index (χ3v) is 2.94. The van der Waals surface area contributed by atoms with Crippen LogP contribution in [-0.2, 0) is 6.42 Å². The minimum Gasteiger partial charge on any atom is -0.388 e. The van der Waals surface area contributed by atoms with E-state index in [1.165, 1.54) is 5.56 Å². The summed E-state index contributed by atoms with van der Waals surface area (Å²) in [5, 5.41) is 10.7. The van der Waals surface area contributed by atoms with Crippen LogP contribution in [0.3, 0.4) is 0 Å². The van der Waals surface area contributed by atoms with Gasteiger partial charge in [0, 0.05) is 17.4 Å². The predicted molar refractivity (Wildman–Crippen MR) is 69.0 cm³/mol. The number of aliphatic hydroxyl groups excluding tert-OH is 1. The van der Waals surface area contributed by atoms with Crippen LogP contribution in [-0.4, -0.2) is 10.1 Å². The Kier molecular flexibility index (Phi) is 4.13. The second kappa shape index (κ2) is 5.80. The second-order valence-corrected chi connectivity index (χ2v) is 4.40. The first-order valence-electron chi connectivity index (χ1n) is 5.58. The third kappa shape index (κ3) is 3.55. The number of benzene rings is 1. The van der Waals surface area contributed by atoms with Crippen molar-refractivity contribution in [3.05, 3.63) is 64.9 Å². The Hall–Kier alpha value is -1.38. The molecule has 1 heterocycles. The third-order valence-electron chi connectivity index (χ3n) is 2.69. The highest BCUT2D eigenvalue weighted by Gasteiger charge is 2.07. The Morgan fingerprint density at radius 3 is 2.59 bits per heavy atom. The summed E-state index contributed by atoms with van der Waals surface area (Å²) in [5.74, 6) is 0. The van der Waals surface area contributed by atoms with E-state index in [0.29, 0.717) is 6.42 Å². The average molecular weight is 248 g/mol. The van der Waals surface area contributed by atoms with Gasteiger partial charge < -0.3 is 5.11 Å². The van der Waals surface area contributed by atoms with E-state index in [9.17, 15) is 5.11 Å². The molecule has 2 rings (SSSR count). The molecule has 1 aromatic heterocycles. The van der Waals surface area contributed by atoms with Crippen LogP contribution in [0.2, 0.25) is 5.02 Å². The molecule has 0 aliphatic carbocycles. The molecule has 88 valence electrons. The lowest BCUT2D eigenvalue weighted by Crippen LogP contribution is -1.99. The van der Waals surface area contributed by atoms with Crippen LogP contribution >= 0.6 is 11.6 Å². The van der Waals surface area contributed by atoms with Gasteiger partial charge in [-0.2, -0.15) is 0 Å². The lowest BCUT2D eigenvalue weighted by atomic mass is 10.0. The van der Waals surface area contributed by atoms with Crippen molar-refractivity contribution in [3.8, 4) is 0 Å². The van der Waals surface area contributed by atoms with E-state index in [0.717, 1.165) is 17.0 Å². The van der Waals surface area contributed by atoms with Crippen LogP contribution in [0.4, 0.5) is 0 Å². The van der Waals surface area contributed by atoms with Gasteiger partial charge in [0.05, 0.1) is 6.10 Å². The SMILES string of the molecule is OC(CCc1ccc(Cl)cc1)c1cccnc1.